The molecule has 98 valence electrons. The predicted molar refractivity (Wildman–Crippen MR) is 70.3 cm³/mol. The molecule has 0 aromatic carbocycles. The number of carboxylic acid groups (broad SMARTS) is 1. The molecule has 2 heterocycles. The predicted octanol–water partition coefficient (Wildman–Crippen LogP) is 1.94. The standard InChI is InChI=1S/C12H16ClN3O2/c1-16-4-2-9(3-5-16)15-11-10(13)6-8(7-14-11)12(17)18/h6-7,9H,2-5H2,1H3,(H,14,15)(H,17,18). The van der Waals surface area contributed by atoms with E-state index in [-0.39, 0.29) is 5.56 Å². The number of anilines is 1. The molecule has 0 unspecified atom stereocenters. The molecular formula is C12H16ClN3O2. The molecule has 1 saturated heterocycles. The SMILES string of the molecule is CN1CCC(Nc2ncc(C(=O)O)cc2Cl)CC1. The van der Waals surface area contributed by atoms with Crippen LogP contribution in [-0.2, 0) is 0 Å². The van der Waals surface area contributed by atoms with Gasteiger partial charge in [0, 0.05) is 12.2 Å². The van der Waals surface area contributed by atoms with E-state index in [1.54, 1.807) is 0 Å². The van der Waals surface area contributed by atoms with E-state index in [0.717, 1.165) is 25.9 Å². The number of pyridine rings is 1. The molecule has 2 N–H and O–H groups in total. The Balaban J connectivity index is 2.03. The van der Waals surface area contributed by atoms with Gasteiger partial charge >= 0.3 is 5.97 Å². The van der Waals surface area contributed by atoms with Crippen LogP contribution in [0.15, 0.2) is 12.3 Å². The normalized spacial score (nSPS) is 17.7. The maximum Gasteiger partial charge on any atom is 0.337 e. The largest absolute Gasteiger partial charge is 0.478 e. The van der Waals surface area contributed by atoms with E-state index in [1.165, 1.54) is 12.3 Å². The zero-order valence-electron chi connectivity index (χ0n) is 10.2. The average Bonchev–Trinajstić information content (AvgIpc) is 2.34. The van der Waals surface area contributed by atoms with Crippen molar-refractivity contribution in [1.82, 2.24) is 9.88 Å². The number of likely N-dealkylation sites (tertiary alicyclic amines) is 1. The highest BCUT2D eigenvalue weighted by Crippen LogP contribution is 2.23. The van der Waals surface area contributed by atoms with Crippen LogP contribution in [0.4, 0.5) is 5.82 Å². The Hall–Kier alpha value is -1.33. The Morgan fingerprint density at radius 2 is 2.22 bits per heavy atom. The van der Waals surface area contributed by atoms with Gasteiger partial charge < -0.3 is 15.3 Å². The second-order valence-corrected chi connectivity index (χ2v) is 4.99. The Bertz CT molecular complexity index is 445. The van der Waals surface area contributed by atoms with Crippen LogP contribution in [0.1, 0.15) is 23.2 Å². The molecule has 0 saturated carbocycles. The van der Waals surface area contributed by atoms with Crippen LogP contribution >= 0.6 is 11.6 Å². The molecule has 1 aliphatic heterocycles. The van der Waals surface area contributed by atoms with Crippen LogP contribution in [0.3, 0.4) is 0 Å². The van der Waals surface area contributed by atoms with Crippen molar-refractivity contribution in [2.75, 3.05) is 25.5 Å². The van der Waals surface area contributed by atoms with E-state index in [9.17, 15) is 4.79 Å². The molecule has 0 bridgehead atoms. The van der Waals surface area contributed by atoms with Crippen LogP contribution in [0.2, 0.25) is 5.02 Å². The lowest BCUT2D eigenvalue weighted by molar-refractivity contribution is 0.0696. The third-order valence-electron chi connectivity index (χ3n) is 3.15. The number of nitrogens with zero attached hydrogens (tertiary/aromatic N) is 2. The van der Waals surface area contributed by atoms with Crippen molar-refractivity contribution in [1.29, 1.82) is 0 Å². The zero-order chi connectivity index (χ0) is 13.1. The molecule has 1 fully saturated rings. The van der Waals surface area contributed by atoms with Gasteiger partial charge in [0.15, 0.2) is 0 Å². The van der Waals surface area contributed by atoms with Gasteiger partial charge in [0.25, 0.3) is 0 Å². The molecule has 5 nitrogen and oxygen atoms in total. The first kappa shape index (κ1) is 13.1. The van der Waals surface area contributed by atoms with Gasteiger partial charge in [-0.15, -0.1) is 0 Å². The maximum absolute atomic E-state index is 10.8. The summed E-state index contributed by atoms with van der Waals surface area (Å²) in [4.78, 5) is 17.1. The van der Waals surface area contributed by atoms with Gasteiger partial charge in [-0.05, 0) is 39.0 Å². The number of carboxylic acids is 1. The van der Waals surface area contributed by atoms with E-state index in [0.29, 0.717) is 16.9 Å². The number of hydrogen-bond acceptors (Lipinski definition) is 4. The Labute approximate surface area is 111 Å². The summed E-state index contributed by atoms with van der Waals surface area (Å²) in [5, 5.41) is 12.5. The summed E-state index contributed by atoms with van der Waals surface area (Å²) in [7, 11) is 2.10. The molecular weight excluding hydrogens is 254 g/mol. The summed E-state index contributed by atoms with van der Waals surface area (Å²) in [5.74, 6) is -0.452. The summed E-state index contributed by atoms with van der Waals surface area (Å²) in [6.07, 6.45) is 3.40. The van der Waals surface area contributed by atoms with E-state index in [4.69, 9.17) is 16.7 Å². The lowest BCUT2D eigenvalue weighted by Gasteiger charge is -2.30. The van der Waals surface area contributed by atoms with Gasteiger partial charge in [-0.1, -0.05) is 11.6 Å². The fourth-order valence-electron chi connectivity index (χ4n) is 2.01. The molecule has 6 heteroatoms. The van der Waals surface area contributed by atoms with Gasteiger partial charge in [-0.3, -0.25) is 0 Å². The van der Waals surface area contributed by atoms with E-state index in [2.05, 4.69) is 22.2 Å². The fraction of sp³-hybridized carbons (Fsp3) is 0.500. The molecule has 1 aromatic rings. The number of aromatic carboxylic acids is 1. The minimum absolute atomic E-state index is 0.105. The topological polar surface area (TPSA) is 65.5 Å². The van der Waals surface area contributed by atoms with Crippen molar-refractivity contribution in [3.8, 4) is 0 Å². The van der Waals surface area contributed by atoms with Crippen molar-refractivity contribution >= 4 is 23.4 Å². The summed E-state index contributed by atoms with van der Waals surface area (Å²) in [6.45, 7) is 2.09. The number of rotatable bonds is 3. The first-order chi connectivity index (χ1) is 8.56. The second-order valence-electron chi connectivity index (χ2n) is 4.58. The van der Waals surface area contributed by atoms with Crippen LogP contribution in [0.5, 0.6) is 0 Å². The van der Waals surface area contributed by atoms with E-state index >= 15 is 0 Å². The summed E-state index contributed by atoms with van der Waals surface area (Å²) in [5.41, 5.74) is 0.105. The van der Waals surface area contributed by atoms with Crippen molar-refractivity contribution in [2.45, 2.75) is 18.9 Å². The van der Waals surface area contributed by atoms with Crippen LogP contribution in [-0.4, -0.2) is 47.1 Å². The molecule has 0 spiro atoms. The number of nitrogens with one attached hydrogen (secondary N) is 1. The number of aromatic nitrogens is 1. The van der Waals surface area contributed by atoms with E-state index < -0.39 is 5.97 Å². The summed E-state index contributed by atoms with van der Waals surface area (Å²) >= 11 is 6.02. The van der Waals surface area contributed by atoms with Crippen LogP contribution in [0.25, 0.3) is 0 Å². The van der Waals surface area contributed by atoms with Crippen molar-refractivity contribution in [3.05, 3.63) is 22.8 Å². The molecule has 1 aliphatic rings. The van der Waals surface area contributed by atoms with Crippen molar-refractivity contribution < 1.29 is 9.90 Å². The Kier molecular flexibility index (Phi) is 4.04. The molecule has 0 amide bonds. The average molecular weight is 270 g/mol. The second kappa shape index (κ2) is 5.54. The maximum atomic E-state index is 10.8. The Morgan fingerprint density at radius 1 is 1.56 bits per heavy atom. The number of carbonyl (C=O) groups is 1. The van der Waals surface area contributed by atoms with Crippen LogP contribution in [0, 0.1) is 0 Å². The minimum Gasteiger partial charge on any atom is -0.478 e. The molecule has 18 heavy (non-hydrogen) atoms. The first-order valence-electron chi connectivity index (χ1n) is 5.90. The van der Waals surface area contributed by atoms with Gasteiger partial charge in [0.2, 0.25) is 0 Å². The highest BCUT2D eigenvalue weighted by Gasteiger charge is 2.18. The highest BCUT2D eigenvalue weighted by molar-refractivity contribution is 6.33. The third-order valence-corrected chi connectivity index (χ3v) is 3.44. The third kappa shape index (κ3) is 3.11. The van der Waals surface area contributed by atoms with Gasteiger partial charge in [0.05, 0.1) is 10.6 Å². The van der Waals surface area contributed by atoms with Crippen LogP contribution < -0.4 is 5.32 Å². The molecule has 0 atom stereocenters. The van der Waals surface area contributed by atoms with Gasteiger partial charge in [-0.25, -0.2) is 9.78 Å². The van der Waals surface area contributed by atoms with Gasteiger partial charge in [0.1, 0.15) is 5.82 Å². The molecule has 0 radical (unpaired) electrons. The quantitative estimate of drug-likeness (QED) is 0.878. The van der Waals surface area contributed by atoms with Crippen molar-refractivity contribution in [3.63, 3.8) is 0 Å². The molecule has 2 rings (SSSR count). The van der Waals surface area contributed by atoms with Crippen molar-refractivity contribution in [2.24, 2.45) is 0 Å². The minimum atomic E-state index is -1.02. The smallest absolute Gasteiger partial charge is 0.337 e. The number of hydrogen-bond donors (Lipinski definition) is 2. The first-order valence-corrected chi connectivity index (χ1v) is 6.28. The highest BCUT2D eigenvalue weighted by atomic mass is 35.5. The summed E-state index contributed by atoms with van der Waals surface area (Å²) < 4.78 is 0. The zero-order valence-corrected chi connectivity index (χ0v) is 10.9. The molecule has 1 aromatic heterocycles. The fourth-order valence-corrected chi connectivity index (χ4v) is 2.23. The molecule has 0 aliphatic carbocycles. The summed E-state index contributed by atoms with van der Waals surface area (Å²) in [6, 6.07) is 1.77. The monoisotopic (exact) mass is 269 g/mol. The lowest BCUT2D eigenvalue weighted by atomic mass is 10.1. The number of halogens is 1. The number of piperidine rings is 1. The van der Waals surface area contributed by atoms with E-state index in [1.807, 2.05) is 0 Å². The van der Waals surface area contributed by atoms with Gasteiger partial charge in [-0.2, -0.15) is 0 Å². The Morgan fingerprint density at radius 3 is 2.78 bits per heavy atom. The lowest BCUT2D eigenvalue weighted by Crippen LogP contribution is -2.36.